The van der Waals surface area contributed by atoms with Crippen LogP contribution < -0.4 is 5.32 Å². The summed E-state index contributed by atoms with van der Waals surface area (Å²) < 4.78 is 0. The molecule has 1 heterocycles. The van der Waals surface area contributed by atoms with Crippen molar-refractivity contribution in [2.24, 2.45) is 5.41 Å². The molecule has 0 atom stereocenters. The molecule has 1 aliphatic heterocycles. The number of hydrogen-bond acceptors (Lipinski definition) is 4. The van der Waals surface area contributed by atoms with Crippen LogP contribution in [0, 0.1) is 5.41 Å². The van der Waals surface area contributed by atoms with Gasteiger partial charge in [-0.05, 0) is 30.5 Å². The summed E-state index contributed by atoms with van der Waals surface area (Å²) in [5.41, 5.74) is 0.0816. The minimum atomic E-state index is -1.20. The van der Waals surface area contributed by atoms with Gasteiger partial charge in [0.15, 0.2) is 0 Å². The van der Waals surface area contributed by atoms with Crippen molar-refractivity contribution < 1.29 is 19.2 Å². The Morgan fingerprint density at radius 3 is 2.32 bits per heavy atom. The number of amides is 5. The Labute approximate surface area is 147 Å². The second-order valence-electron chi connectivity index (χ2n) is 6.21. The lowest BCUT2D eigenvalue weighted by molar-refractivity contribution is -0.159. The number of hydrogen-bond donors (Lipinski definition) is 1. The summed E-state index contributed by atoms with van der Waals surface area (Å²) in [6.45, 7) is 5.00. The molecule has 7 nitrogen and oxygen atoms in total. The molecule has 1 aliphatic rings. The first-order valence-corrected chi connectivity index (χ1v) is 8.27. The molecule has 1 saturated heterocycles. The Kier molecular flexibility index (Phi) is 5.25. The highest BCUT2D eigenvalue weighted by atomic mass is 16.2. The summed E-state index contributed by atoms with van der Waals surface area (Å²) in [5, 5.41) is 2.67. The third kappa shape index (κ3) is 3.26. The van der Waals surface area contributed by atoms with E-state index in [2.05, 4.69) is 5.32 Å². The van der Waals surface area contributed by atoms with Crippen LogP contribution in [-0.2, 0) is 20.9 Å². The van der Waals surface area contributed by atoms with Gasteiger partial charge in [-0.15, -0.1) is 0 Å². The second-order valence-corrected chi connectivity index (χ2v) is 6.21. The van der Waals surface area contributed by atoms with Crippen LogP contribution in [0.5, 0.6) is 0 Å². The van der Waals surface area contributed by atoms with Crippen LogP contribution in [0.4, 0.5) is 10.5 Å². The van der Waals surface area contributed by atoms with E-state index in [0.717, 1.165) is 9.80 Å². The fraction of sp³-hybridized carbons (Fsp3) is 0.444. The number of nitrogens with one attached hydrogen (secondary N) is 1. The smallest absolute Gasteiger partial charge is 0.326 e. The van der Waals surface area contributed by atoms with E-state index in [-0.39, 0.29) is 12.5 Å². The monoisotopic (exact) mass is 345 g/mol. The normalized spacial score (nSPS) is 17.0. The van der Waals surface area contributed by atoms with Crippen molar-refractivity contribution in [3.8, 4) is 0 Å². The minimum Gasteiger partial charge on any atom is -0.326 e. The molecule has 0 aromatic heterocycles. The Morgan fingerprint density at radius 1 is 1.12 bits per heavy atom. The third-order valence-electron chi connectivity index (χ3n) is 4.68. The van der Waals surface area contributed by atoms with Gasteiger partial charge in [-0.3, -0.25) is 24.2 Å². The molecule has 1 aromatic carbocycles. The van der Waals surface area contributed by atoms with Gasteiger partial charge < -0.3 is 5.32 Å². The van der Waals surface area contributed by atoms with Crippen molar-refractivity contribution in [2.45, 2.75) is 40.2 Å². The third-order valence-corrected chi connectivity index (χ3v) is 4.68. The van der Waals surface area contributed by atoms with Crippen molar-refractivity contribution in [3.63, 3.8) is 0 Å². The van der Waals surface area contributed by atoms with Gasteiger partial charge >= 0.3 is 6.03 Å². The van der Waals surface area contributed by atoms with E-state index in [1.54, 1.807) is 38.1 Å². The lowest BCUT2D eigenvalue weighted by Gasteiger charge is -2.42. The molecule has 1 N–H and O–H groups in total. The lowest BCUT2D eigenvalue weighted by atomic mass is 9.78. The van der Waals surface area contributed by atoms with Crippen LogP contribution in [0.2, 0.25) is 0 Å². The van der Waals surface area contributed by atoms with Crippen molar-refractivity contribution >= 4 is 29.4 Å². The highest BCUT2D eigenvalue weighted by Crippen LogP contribution is 2.36. The SMILES string of the molecule is CCC1(CC)C(=O)N(C)C(=O)N(Cc2cccc(NC(C)=O)c2)C1=O. The van der Waals surface area contributed by atoms with Crippen LogP contribution in [0.25, 0.3) is 0 Å². The molecule has 0 aliphatic carbocycles. The van der Waals surface area contributed by atoms with Crippen LogP contribution in [0.15, 0.2) is 24.3 Å². The maximum Gasteiger partial charge on any atom is 0.333 e. The predicted molar refractivity (Wildman–Crippen MR) is 92.5 cm³/mol. The molecule has 25 heavy (non-hydrogen) atoms. The van der Waals surface area contributed by atoms with E-state index in [1.165, 1.54) is 14.0 Å². The number of rotatable bonds is 5. The van der Waals surface area contributed by atoms with Gasteiger partial charge in [0, 0.05) is 19.7 Å². The maximum atomic E-state index is 12.9. The van der Waals surface area contributed by atoms with E-state index in [9.17, 15) is 19.2 Å². The maximum absolute atomic E-state index is 12.9. The van der Waals surface area contributed by atoms with Crippen LogP contribution >= 0.6 is 0 Å². The topological polar surface area (TPSA) is 86.8 Å². The highest BCUT2D eigenvalue weighted by molar-refractivity contribution is 6.18. The molecular formula is C18H23N3O4. The van der Waals surface area contributed by atoms with Crippen molar-refractivity contribution in [3.05, 3.63) is 29.8 Å². The fourth-order valence-electron chi connectivity index (χ4n) is 3.15. The minimum absolute atomic E-state index is 0.0461. The summed E-state index contributed by atoms with van der Waals surface area (Å²) in [7, 11) is 1.40. The Hall–Kier alpha value is -2.70. The molecule has 0 spiro atoms. The zero-order valence-electron chi connectivity index (χ0n) is 15.0. The molecule has 0 saturated carbocycles. The predicted octanol–water partition coefficient (Wildman–Crippen LogP) is 2.37. The molecule has 0 radical (unpaired) electrons. The van der Waals surface area contributed by atoms with Gasteiger partial charge in [0.2, 0.25) is 17.7 Å². The Bertz CT molecular complexity index is 725. The molecule has 0 bridgehead atoms. The Morgan fingerprint density at radius 2 is 1.76 bits per heavy atom. The zero-order valence-corrected chi connectivity index (χ0v) is 15.0. The van der Waals surface area contributed by atoms with Gasteiger partial charge in [0.1, 0.15) is 5.41 Å². The number of anilines is 1. The first-order chi connectivity index (χ1) is 11.8. The number of barbiturate groups is 1. The number of carbonyl (C=O) groups excluding carboxylic acids is 4. The molecule has 2 rings (SSSR count). The molecule has 5 amide bonds. The van der Waals surface area contributed by atoms with Crippen molar-refractivity contribution in [1.29, 1.82) is 0 Å². The lowest BCUT2D eigenvalue weighted by Crippen LogP contribution is -2.63. The molecule has 1 fully saturated rings. The van der Waals surface area contributed by atoms with Gasteiger partial charge in [-0.2, -0.15) is 0 Å². The number of carbonyl (C=O) groups is 4. The van der Waals surface area contributed by atoms with E-state index in [0.29, 0.717) is 24.1 Å². The molecule has 134 valence electrons. The fourth-order valence-corrected chi connectivity index (χ4v) is 3.15. The van der Waals surface area contributed by atoms with Gasteiger partial charge in [-0.1, -0.05) is 26.0 Å². The van der Waals surface area contributed by atoms with Gasteiger partial charge in [-0.25, -0.2) is 4.79 Å². The first-order valence-electron chi connectivity index (χ1n) is 8.27. The quantitative estimate of drug-likeness (QED) is 0.830. The van der Waals surface area contributed by atoms with E-state index in [1.807, 2.05) is 0 Å². The standard InChI is InChI=1S/C18H23N3O4/c1-5-18(6-2)15(23)20(4)17(25)21(16(18)24)11-13-8-7-9-14(10-13)19-12(3)22/h7-10H,5-6,11H2,1-4H3,(H,19,22). The Balaban J connectivity index is 2.34. The summed E-state index contributed by atoms with van der Waals surface area (Å²) in [6.07, 6.45) is 0.669. The average molecular weight is 345 g/mol. The van der Waals surface area contributed by atoms with E-state index in [4.69, 9.17) is 0 Å². The molecule has 1 aromatic rings. The first kappa shape index (κ1) is 18.6. The van der Waals surface area contributed by atoms with Gasteiger partial charge in [0.25, 0.3) is 0 Å². The van der Waals surface area contributed by atoms with Crippen LogP contribution in [-0.4, -0.2) is 40.6 Å². The number of urea groups is 1. The highest BCUT2D eigenvalue weighted by Gasteiger charge is 2.54. The van der Waals surface area contributed by atoms with Crippen LogP contribution in [0.3, 0.4) is 0 Å². The number of nitrogens with zero attached hydrogens (tertiary/aromatic N) is 2. The largest absolute Gasteiger partial charge is 0.333 e. The number of imide groups is 2. The molecule has 0 unspecified atom stereocenters. The zero-order chi connectivity index (χ0) is 18.8. The summed E-state index contributed by atoms with van der Waals surface area (Å²) >= 11 is 0. The molecular weight excluding hydrogens is 322 g/mol. The van der Waals surface area contributed by atoms with E-state index < -0.39 is 23.3 Å². The van der Waals surface area contributed by atoms with Crippen molar-refractivity contribution in [2.75, 3.05) is 12.4 Å². The van der Waals surface area contributed by atoms with Crippen molar-refractivity contribution in [1.82, 2.24) is 9.80 Å². The van der Waals surface area contributed by atoms with Crippen LogP contribution in [0.1, 0.15) is 39.2 Å². The summed E-state index contributed by atoms with van der Waals surface area (Å²) in [4.78, 5) is 51.2. The summed E-state index contributed by atoms with van der Waals surface area (Å²) in [5.74, 6) is -1.12. The average Bonchev–Trinajstić information content (AvgIpc) is 2.58. The number of benzene rings is 1. The second kappa shape index (κ2) is 7.04. The van der Waals surface area contributed by atoms with Gasteiger partial charge in [0.05, 0.1) is 6.54 Å². The molecule has 7 heteroatoms. The summed E-state index contributed by atoms with van der Waals surface area (Å²) in [6, 6.07) is 6.31. The van der Waals surface area contributed by atoms with E-state index >= 15 is 0 Å².